The van der Waals surface area contributed by atoms with E-state index in [4.69, 9.17) is 30.5 Å². The molecular weight excluding hydrogens is 647 g/mol. The molecule has 3 aromatic heterocycles. The summed E-state index contributed by atoms with van der Waals surface area (Å²) in [6, 6.07) is 7.98. The minimum Gasteiger partial charge on any atom is -0.495 e. The number of hydrogen-bond donors (Lipinski definition) is 1. The molecule has 0 bridgehead atoms. The molecule has 1 fully saturated rings. The number of carbonyl (C=O) groups is 1. The zero-order valence-electron chi connectivity index (χ0n) is 24.6. The normalized spacial score (nSPS) is 17.5. The van der Waals surface area contributed by atoms with Gasteiger partial charge in [-0.3, -0.25) is 10.3 Å². The molecular formula is C31H27ClF3N5O5S. The zero-order valence-corrected chi connectivity index (χ0v) is 26.1. The SMILES string of the molecule is CCCOc1ncc(NC(=O)O[C@@H]2CCC(F)(F)C[C@@H]2Oc2cc3sc(-c4cc(Cl)cc5cc(OC)cnc45)nc3cc2F)cn1. The lowest BCUT2D eigenvalue weighted by atomic mass is 9.91. The fraction of sp³-hybridized carbons (Fsp3) is 0.323. The van der Waals surface area contributed by atoms with Crippen molar-refractivity contribution in [2.24, 2.45) is 0 Å². The summed E-state index contributed by atoms with van der Waals surface area (Å²) in [5.41, 5.74) is 1.80. The Labute approximate surface area is 269 Å². The van der Waals surface area contributed by atoms with E-state index in [1.807, 2.05) is 6.92 Å². The van der Waals surface area contributed by atoms with Crippen LogP contribution in [0.4, 0.5) is 23.7 Å². The van der Waals surface area contributed by atoms with Crippen LogP contribution in [-0.2, 0) is 4.74 Å². The molecule has 1 N–H and O–H groups in total. The van der Waals surface area contributed by atoms with Crippen molar-refractivity contribution in [2.45, 2.75) is 50.7 Å². The highest BCUT2D eigenvalue weighted by atomic mass is 35.5. The smallest absolute Gasteiger partial charge is 0.412 e. The Hall–Kier alpha value is -4.43. The molecule has 6 rings (SSSR count). The van der Waals surface area contributed by atoms with Crippen LogP contribution in [0.3, 0.4) is 0 Å². The average Bonchev–Trinajstić information content (AvgIpc) is 3.43. The van der Waals surface area contributed by atoms with Gasteiger partial charge in [-0.1, -0.05) is 18.5 Å². The van der Waals surface area contributed by atoms with Gasteiger partial charge in [-0.25, -0.2) is 32.9 Å². The minimum atomic E-state index is -3.09. The van der Waals surface area contributed by atoms with Gasteiger partial charge in [0.2, 0.25) is 0 Å². The molecule has 10 nitrogen and oxygen atoms in total. The molecule has 1 saturated carbocycles. The number of alkyl halides is 2. The highest BCUT2D eigenvalue weighted by Gasteiger charge is 2.45. The lowest BCUT2D eigenvalue weighted by Gasteiger charge is -2.35. The fourth-order valence-corrected chi connectivity index (χ4v) is 6.24. The molecule has 240 valence electrons. The number of anilines is 1. The maximum Gasteiger partial charge on any atom is 0.412 e. The van der Waals surface area contributed by atoms with E-state index in [0.29, 0.717) is 43.7 Å². The van der Waals surface area contributed by atoms with Gasteiger partial charge in [-0.2, -0.15) is 0 Å². The van der Waals surface area contributed by atoms with E-state index in [9.17, 15) is 13.6 Å². The average molecular weight is 674 g/mol. The van der Waals surface area contributed by atoms with Gasteiger partial charge in [0.1, 0.15) is 23.0 Å². The Kier molecular flexibility index (Phi) is 9.00. The Morgan fingerprint density at radius 1 is 1.11 bits per heavy atom. The van der Waals surface area contributed by atoms with Gasteiger partial charge in [-0.05, 0) is 31.0 Å². The van der Waals surface area contributed by atoms with Crippen LogP contribution in [0.5, 0.6) is 17.5 Å². The zero-order chi connectivity index (χ0) is 32.4. The van der Waals surface area contributed by atoms with E-state index in [-0.39, 0.29) is 23.9 Å². The number of nitrogens with zero attached hydrogens (tertiary/aromatic N) is 4. The highest BCUT2D eigenvalue weighted by Crippen LogP contribution is 2.41. The second-order valence-corrected chi connectivity index (χ2v) is 12.1. The van der Waals surface area contributed by atoms with E-state index in [2.05, 4.69) is 25.3 Å². The molecule has 0 radical (unpaired) electrons. The van der Waals surface area contributed by atoms with Crippen molar-refractivity contribution in [3.05, 3.63) is 59.8 Å². The molecule has 3 heterocycles. The lowest BCUT2D eigenvalue weighted by Crippen LogP contribution is -2.45. The first-order valence-corrected chi connectivity index (χ1v) is 15.5. The number of pyridine rings is 1. The van der Waals surface area contributed by atoms with Crippen molar-refractivity contribution in [2.75, 3.05) is 19.0 Å². The Morgan fingerprint density at radius 2 is 1.91 bits per heavy atom. The number of amides is 1. The van der Waals surface area contributed by atoms with Crippen LogP contribution >= 0.6 is 22.9 Å². The topological polar surface area (TPSA) is 118 Å². The molecule has 1 aliphatic rings. The molecule has 1 amide bonds. The molecule has 0 aliphatic heterocycles. The Balaban J connectivity index is 1.22. The molecule has 0 saturated heterocycles. The van der Waals surface area contributed by atoms with E-state index in [1.165, 1.54) is 43.0 Å². The van der Waals surface area contributed by atoms with Crippen molar-refractivity contribution in [1.29, 1.82) is 0 Å². The van der Waals surface area contributed by atoms with Gasteiger partial charge >= 0.3 is 12.1 Å². The van der Waals surface area contributed by atoms with Gasteiger partial charge in [-0.15, -0.1) is 11.3 Å². The van der Waals surface area contributed by atoms with Crippen LogP contribution in [0.2, 0.25) is 5.02 Å². The van der Waals surface area contributed by atoms with Crippen molar-refractivity contribution in [3.8, 4) is 28.1 Å². The van der Waals surface area contributed by atoms with Crippen LogP contribution in [0, 0.1) is 5.82 Å². The standard InChI is InChI=1S/C31H27ClF3N5O5S/c1-3-6-43-29-37-13-18(14-38-29)39-30(41)45-23-4-5-31(34,35)12-25(23)44-24-11-26-22(10-21(24)33)40-28(46-26)20-9-17(32)7-16-8-19(42-2)15-36-27(16)20/h7-11,13-15,23,25H,3-6,12H2,1-2H3,(H,39,41)/t23-,25+/m1/s1. The quantitative estimate of drug-likeness (QED) is 0.166. The summed E-state index contributed by atoms with van der Waals surface area (Å²) in [5, 5.41) is 4.17. The third-order valence-electron chi connectivity index (χ3n) is 7.19. The van der Waals surface area contributed by atoms with Gasteiger partial charge in [0.15, 0.2) is 11.6 Å². The van der Waals surface area contributed by atoms with Gasteiger partial charge in [0, 0.05) is 34.5 Å². The number of fused-ring (bicyclic) bond motifs is 2. The predicted molar refractivity (Wildman–Crippen MR) is 167 cm³/mol. The largest absolute Gasteiger partial charge is 0.495 e. The maximum atomic E-state index is 15.3. The monoisotopic (exact) mass is 673 g/mol. The number of nitrogens with one attached hydrogen (secondary N) is 1. The number of hydrogen-bond acceptors (Lipinski definition) is 10. The van der Waals surface area contributed by atoms with Crippen LogP contribution in [0.25, 0.3) is 31.7 Å². The molecule has 0 unspecified atom stereocenters. The third kappa shape index (κ3) is 7.02. The first kappa shape index (κ1) is 31.5. The van der Waals surface area contributed by atoms with E-state index < -0.39 is 42.9 Å². The van der Waals surface area contributed by atoms with E-state index >= 15 is 4.39 Å². The molecule has 46 heavy (non-hydrogen) atoms. The minimum absolute atomic E-state index is 0.147. The molecule has 2 aromatic carbocycles. The summed E-state index contributed by atoms with van der Waals surface area (Å²) < 4.78 is 66.7. The molecule has 0 spiro atoms. The Morgan fingerprint density at radius 3 is 2.67 bits per heavy atom. The summed E-state index contributed by atoms with van der Waals surface area (Å²) >= 11 is 7.62. The number of ether oxygens (including phenoxy) is 4. The summed E-state index contributed by atoms with van der Waals surface area (Å²) in [4.78, 5) is 29.7. The number of methoxy groups -OCH3 is 1. The van der Waals surface area contributed by atoms with Gasteiger partial charge in [0.05, 0.1) is 60.1 Å². The van der Waals surface area contributed by atoms with E-state index in [0.717, 1.165) is 11.8 Å². The number of thiazole rings is 1. The molecule has 1 aliphatic carbocycles. The highest BCUT2D eigenvalue weighted by molar-refractivity contribution is 7.21. The second kappa shape index (κ2) is 13.1. The number of halogens is 4. The second-order valence-electron chi connectivity index (χ2n) is 10.6. The van der Waals surface area contributed by atoms with Crippen molar-refractivity contribution < 1.29 is 36.9 Å². The molecule has 5 aromatic rings. The number of aromatic nitrogens is 4. The van der Waals surface area contributed by atoms with Gasteiger partial charge in [0.25, 0.3) is 5.92 Å². The van der Waals surface area contributed by atoms with E-state index in [1.54, 1.807) is 24.4 Å². The lowest BCUT2D eigenvalue weighted by molar-refractivity contribution is -0.114. The Bertz CT molecular complexity index is 1890. The summed E-state index contributed by atoms with van der Waals surface area (Å²) in [7, 11) is 1.53. The maximum absolute atomic E-state index is 15.3. The number of rotatable bonds is 9. The predicted octanol–water partition coefficient (Wildman–Crippen LogP) is 8.08. The third-order valence-corrected chi connectivity index (χ3v) is 8.46. The number of carbonyl (C=O) groups excluding carboxylic acids is 1. The van der Waals surface area contributed by atoms with Gasteiger partial charge < -0.3 is 18.9 Å². The van der Waals surface area contributed by atoms with Crippen LogP contribution in [0.15, 0.2) is 48.9 Å². The first-order chi connectivity index (χ1) is 22.1. The van der Waals surface area contributed by atoms with Crippen molar-refractivity contribution in [1.82, 2.24) is 19.9 Å². The molecule has 15 heteroatoms. The summed E-state index contributed by atoms with van der Waals surface area (Å²) in [6.45, 7) is 2.37. The molecule has 2 atom stereocenters. The summed E-state index contributed by atoms with van der Waals surface area (Å²) in [6.07, 6.45) is 0.187. The first-order valence-electron chi connectivity index (χ1n) is 14.3. The fourth-order valence-electron chi connectivity index (χ4n) is 5.02. The van der Waals surface area contributed by atoms with Crippen LogP contribution < -0.4 is 19.5 Å². The van der Waals surface area contributed by atoms with Crippen molar-refractivity contribution in [3.63, 3.8) is 0 Å². The summed E-state index contributed by atoms with van der Waals surface area (Å²) in [5.74, 6) is -3.61. The van der Waals surface area contributed by atoms with Crippen LogP contribution in [-0.4, -0.2) is 57.9 Å². The van der Waals surface area contributed by atoms with Crippen molar-refractivity contribution >= 4 is 55.8 Å². The number of benzene rings is 2. The van der Waals surface area contributed by atoms with Crippen LogP contribution in [0.1, 0.15) is 32.6 Å².